The van der Waals surface area contributed by atoms with Gasteiger partial charge in [0, 0.05) is 32.2 Å². The van der Waals surface area contributed by atoms with Gasteiger partial charge < -0.3 is 19.0 Å². The highest BCUT2D eigenvalue weighted by atomic mass is 16.6. The maximum atomic E-state index is 12.2. The van der Waals surface area contributed by atoms with E-state index in [0.29, 0.717) is 49.3 Å². The van der Waals surface area contributed by atoms with Gasteiger partial charge in [0.15, 0.2) is 12.3 Å². The van der Waals surface area contributed by atoms with Crippen molar-refractivity contribution in [2.75, 3.05) is 31.7 Å². The number of nitrogens with one attached hydrogen (secondary N) is 1. The van der Waals surface area contributed by atoms with E-state index in [9.17, 15) is 4.79 Å². The summed E-state index contributed by atoms with van der Waals surface area (Å²) in [5.74, 6) is 0.793. The summed E-state index contributed by atoms with van der Waals surface area (Å²) in [5, 5.41) is 18.4. The molecule has 1 atom stereocenters. The molecule has 0 aliphatic carbocycles. The Hall–Kier alpha value is -3.90. The van der Waals surface area contributed by atoms with Crippen molar-refractivity contribution in [3.8, 4) is 0 Å². The Bertz CT molecular complexity index is 1110. The van der Waals surface area contributed by atoms with Crippen LogP contribution in [0.1, 0.15) is 37.4 Å². The molecule has 0 radical (unpaired) electrons. The summed E-state index contributed by atoms with van der Waals surface area (Å²) in [6.07, 6.45) is -0.197. The van der Waals surface area contributed by atoms with Gasteiger partial charge in [-0.05, 0) is 36.4 Å². The molecule has 36 heavy (non-hydrogen) atoms. The van der Waals surface area contributed by atoms with Crippen LogP contribution in [-0.4, -0.2) is 69.5 Å². The molecule has 1 unspecified atom stereocenters. The van der Waals surface area contributed by atoms with E-state index in [1.807, 2.05) is 44.2 Å². The number of anilines is 1. The summed E-state index contributed by atoms with van der Waals surface area (Å²) in [4.78, 5) is 22.1. The minimum atomic E-state index is -0.605. The second-order valence-electron chi connectivity index (χ2n) is 7.51. The number of carbonyl (C=O) groups is 1. The van der Waals surface area contributed by atoms with Gasteiger partial charge in [-0.1, -0.05) is 41.6 Å². The van der Waals surface area contributed by atoms with E-state index in [-0.39, 0.29) is 19.3 Å². The summed E-state index contributed by atoms with van der Waals surface area (Å²) in [6, 6.07) is 14.6. The van der Waals surface area contributed by atoms with Crippen LogP contribution in [0.3, 0.4) is 0 Å². The number of oxime groups is 1. The fourth-order valence-corrected chi connectivity index (χ4v) is 3.16. The molecule has 1 amide bonds. The van der Waals surface area contributed by atoms with Crippen molar-refractivity contribution in [1.82, 2.24) is 25.2 Å². The van der Waals surface area contributed by atoms with Crippen molar-refractivity contribution < 1.29 is 23.8 Å². The normalized spacial score (nSPS) is 12.2. The van der Waals surface area contributed by atoms with Crippen LogP contribution >= 0.6 is 0 Å². The molecular weight excluding hydrogens is 466 g/mol. The van der Waals surface area contributed by atoms with Gasteiger partial charge in [0.05, 0.1) is 25.0 Å². The highest BCUT2D eigenvalue weighted by molar-refractivity contribution is 6.10. The Balaban J connectivity index is 1.54. The molecule has 0 aliphatic rings. The Morgan fingerprint density at radius 1 is 1.11 bits per heavy atom. The molecule has 1 aromatic carbocycles. The Morgan fingerprint density at radius 2 is 1.94 bits per heavy atom. The predicted octanol–water partition coefficient (Wildman–Crippen LogP) is 2.95. The minimum absolute atomic E-state index is 0.0691. The van der Waals surface area contributed by atoms with Crippen molar-refractivity contribution in [3.63, 3.8) is 0 Å². The van der Waals surface area contributed by atoms with E-state index in [2.05, 4.69) is 31.0 Å². The molecule has 12 nitrogen and oxygen atoms in total. The first-order chi connectivity index (χ1) is 17.6. The summed E-state index contributed by atoms with van der Waals surface area (Å²) in [6.45, 7) is 5.72. The molecule has 0 saturated heterocycles. The van der Waals surface area contributed by atoms with Gasteiger partial charge in [0.1, 0.15) is 5.82 Å². The number of ether oxygens (including phenoxy) is 3. The second kappa shape index (κ2) is 14.5. The number of nitrogens with zero attached hydrogens (tertiary/aromatic N) is 6. The predicted molar refractivity (Wildman–Crippen MR) is 131 cm³/mol. The van der Waals surface area contributed by atoms with Crippen molar-refractivity contribution >= 4 is 17.6 Å². The molecule has 2 aromatic heterocycles. The third-order valence-electron chi connectivity index (χ3n) is 4.87. The van der Waals surface area contributed by atoms with Crippen LogP contribution in [0.15, 0.2) is 53.7 Å². The Kier molecular flexibility index (Phi) is 10.7. The van der Waals surface area contributed by atoms with Crippen LogP contribution < -0.4 is 5.32 Å². The minimum Gasteiger partial charge on any atom is -0.449 e. The number of hydrogen-bond donors (Lipinski definition) is 1. The lowest BCUT2D eigenvalue weighted by Crippen LogP contribution is -2.24. The molecule has 3 rings (SSSR count). The second-order valence-corrected chi connectivity index (χ2v) is 7.51. The van der Waals surface area contributed by atoms with E-state index in [0.717, 1.165) is 5.56 Å². The summed E-state index contributed by atoms with van der Waals surface area (Å²) in [7, 11) is 1.72. The zero-order valence-electron chi connectivity index (χ0n) is 20.7. The number of hydrogen-bond acceptors (Lipinski definition) is 10. The highest BCUT2D eigenvalue weighted by Crippen LogP contribution is 2.11. The van der Waals surface area contributed by atoms with Crippen molar-refractivity contribution in [2.24, 2.45) is 12.2 Å². The Labute approximate surface area is 209 Å². The maximum absolute atomic E-state index is 12.2. The molecule has 0 bridgehead atoms. The van der Waals surface area contributed by atoms with E-state index in [1.165, 1.54) is 4.68 Å². The number of tetrazole rings is 1. The summed E-state index contributed by atoms with van der Waals surface area (Å²) < 4.78 is 17.7. The lowest BCUT2D eigenvalue weighted by molar-refractivity contribution is -0.0201. The van der Waals surface area contributed by atoms with Gasteiger partial charge in [-0.15, -0.1) is 5.10 Å². The first-order valence-corrected chi connectivity index (χ1v) is 11.7. The molecular formula is C24H31N7O5. The summed E-state index contributed by atoms with van der Waals surface area (Å²) in [5.41, 5.74) is 1.85. The average Bonchev–Trinajstić information content (AvgIpc) is 3.31. The van der Waals surface area contributed by atoms with Crippen molar-refractivity contribution in [3.05, 3.63) is 65.6 Å². The van der Waals surface area contributed by atoms with Gasteiger partial charge in [-0.3, -0.25) is 5.32 Å². The molecule has 0 saturated carbocycles. The number of aryl methyl sites for hydroxylation is 1. The van der Waals surface area contributed by atoms with Gasteiger partial charge in [0.25, 0.3) is 0 Å². The molecule has 0 spiro atoms. The van der Waals surface area contributed by atoms with Gasteiger partial charge in [-0.25, -0.2) is 14.5 Å². The van der Waals surface area contributed by atoms with Crippen LogP contribution in [-0.2, 0) is 32.7 Å². The number of pyridine rings is 1. The van der Waals surface area contributed by atoms with E-state index >= 15 is 0 Å². The molecule has 0 fully saturated rings. The van der Waals surface area contributed by atoms with Crippen LogP contribution in [0, 0.1) is 0 Å². The number of amides is 1. The third kappa shape index (κ3) is 8.40. The largest absolute Gasteiger partial charge is 0.449 e. The molecule has 12 heteroatoms. The van der Waals surface area contributed by atoms with Gasteiger partial charge in [-0.2, -0.15) is 0 Å². The van der Waals surface area contributed by atoms with Gasteiger partial charge >= 0.3 is 6.09 Å². The smallest absolute Gasteiger partial charge is 0.412 e. The fraction of sp³-hybridized carbons (Fsp3) is 0.417. The molecule has 3 aromatic rings. The third-order valence-corrected chi connectivity index (χ3v) is 4.87. The van der Waals surface area contributed by atoms with Crippen LogP contribution in [0.4, 0.5) is 10.6 Å². The van der Waals surface area contributed by atoms with Crippen molar-refractivity contribution in [2.45, 2.75) is 33.0 Å². The Morgan fingerprint density at radius 3 is 2.67 bits per heavy atom. The SMILES string of the molecule is CCOCC(CCOC(=O)Nc1cccc(CON=C(c2ccccc2)c2nnnn2C)n1)OCC. The van der Waals surface area contributed by atoms with Gasteiger partial charge in [0.2, 0.25) is 5.82 Å². The average molecular weight is 498 g/mol. The summed E-state index contributed by atoms with van der Waals surface area (Å²) >= 11 is 0. The molecule has 1 N–H and O–H groups in total. The van der Waals surface area contributed by atoms with E-state index < -0.39 is 6.09 Å². The lowest BCUT2D eigenvalue weighted by Gasteiger charge is -2.16. The molecule has 192 valence electrons. The van der Waals surface area contributed by atoms with Crippen LogP contribution in [0.2, 0.25) is 0 Å². The number of benzene rings is 1. The topological polar surface area (TPSA) is 135 Å². The zero-order chi connectivity index (χ0) is 25.6. The zero-order valence-corrected chi connectivity index (χ0v) is 20.7. The standard InChI is InChI=1S/C24H31N7O5/c1-4-33-17-20(34-5-2)14-15-35-24(32)26-21-13-9-12-19(25-21)16-36-28-22(18-10-7-6-8-11-18)23-27-29-30-31(23)3/h6-13,20H,4-5,14-17H2,1-3H3,(H,25,26,32). The monoisotopic (exact) mass is 497 g/mol. The van der Waals surface area contributed by atoms with Crippen LogP contribution in [0.5, 0.6) is 0 Å². The highest BCUT2D eigenvalue weighted by Gasteiger charge is 2.15. The maximum Gasteiger partial charge on any atom is 0.412 e. The first kappa shape index (κ1) is 26.7. The molecule has 0 aliphatic heterocycles. The number of rotatable bonds is 14. The van der Waals surface area contributed by atoms with Crippen molar-refractivity contribution in [1.29, 1.82) is 0 Å². The molecule has 2 heterocycles. The lowest BCUT2D eigenvalue weighted by atomic mass is 10.1. The fourth-order valence-electron chi connectivity index (χ4n) is 3.16. The quantitative estimate of drug-likeness (QED) is 0.263. The van der Waals surface area contributed by atoms with E-state index in [4.69, 9.17) is 19.0 Å². The first-order valence-electron chi connectivity index (χ1n) is 11.7. The van der Waals surface area contributed by atoms with Crippen LogP contribution in [0.25, 0.3) is 0 Å². The number of carbonyl (C=O) groups excluding carboxylic acids is 1. The van der Waals surface area contributed by atoms with E-state index in [1.54, 1.807) is 25.2 Å². The number of aromatic nitrogens is 5.